The highest BCUT2D eigenvalue weighted by molar-refractivity contribution is 7.88. The molecule has 0 radical (unpaired) electrons. The number of carbonyl (C=O) groups is 2. The molecule has 0 rings (SSSR count). The fourth-order valence-corrected chi connectivity index (χ4v) is 1.90. The standard InChI is InChI=1S/C15H28O7S/c1-13(2,3)9-21-11(16)8-15(7,23(18,19)20)12(17)22-10-14(4,5)6/h8-10H2,1-7H3,(H,18,19,20). The van der Waals surface area contributed by atoms with E-state index < -0.39 is 33.2 Å². The van der Waals surface area contributed by atoms with Crippen molar-refractivity contribution in [2.24, 2.45) is 10.8 Å². The Bertz CT molecular complexity index is 537. The van der Waals surface area contributed by atoms with Crippen molar-refractivity contribution < 1.29 is 32.0 Å². The Hall–Kier alpha value is -1.15. The van der Waals surface area contributed by atoms with E-state index in [9.17, 15) is 22.6 Å². The van der Waals surface area contributed by atoms with Crippen molar-refractivity contribution in [2.45, 2.75) is 59.6 Å². The quantitative estimate of drug-likeness (QED) is 0.577. The normalized spacial score (nSPS) is 15.7. The predicted molar refractivity (Wildman–Crippen MR) is 85.4 cm³/mol. The predicted octanol–water partition coefficient (Wildman–Crippen LogP) is 2.20. The van der Waals surface area contributed by atoms with Crippen LogP contribution in [0.5, 0.6) is 0 Å². The zero-order chi connectivity index (χ0) is 18.7. The summed E-state index contributed by atoms with van der Waals surface area (Å²) in [7, 11) is -4.86. The van der Waals surface area contributed by atoms with Crippen LogP contribution < -0.4 is 0 Å². The van der Waals surface area contributed by atoms with Gasteiger partial charge in [-0.1, -0.05) is 41.5 Å². The summed E-state index contributed by atoms with van der Waals surface area (Å²) in [5, 5.41) is 0. The highest BCUT2D eigenvalue weighted by Gasteiger charge is 2.50. The van der Waals surface area contributed by atoms with Gasteiger partial charge in [0, 0.05) is 0 Å². The maximum Gasteiger partial charge on any atom is 0.330 e. The van der Waals surface area contributed by atoms with Crippen LogP contribution in [-0.2, 0) is 29.2 Å². The maximum atomic E-state index is 12.1. The number of carbonyl (C=O) groups excluding carboxylic acids is 2. The molecule has 0 spiro atoms. The van der Waals surface area contributed by atoms with Gasteiger partial charge in [0.25, 0.3) is 10.1 Å². The van der Waals surface area contributed by atoms with Gasteiger partial charge in [0.1, 0.15) is 0 Å². The van der Waals surface area contributed by atoms with Gasteiger partial charge < -0.3 is 9.47 Å². The third kappa shape index (κ3) is 7.78. The monoisotopic (exact) mass is 352 g/mol. The van der Waals surface area contributed by atoms with Crippen molar-refractivity contribution >= 4 is 22.1 Å². The Balaban J connectivity index is 5.14. The molecule has 1 N–H and O–H groups in total. The lowest BCUT2D eigenvalue weighted by Gasteiger charge is -2.26. The van der Waals surface area contributed by atoms with Crippen LogP contribution in [0.1, 0.15) is 54.9 Å². The molecule has 1 unspecified atom stereocenters. The van der Waals surface area contributed by atoms with Gasteiger partial charge in [-0.05, 0) is 17.8 Å². The third-order valence-corrected chi connectivity index (χ3v) is 4.23. The molecule has 0 heterocycles. The van der Waals surface area contributed by atoms with Crippen LogP contribution in [0.15, 0.2) is 0 Å². The Morgan fingerprint density at radius 1 is 0.870 bits per heavy atom. The lowest BCUT2D eigenvalue weighted by atomic mass is 9.98. The van der Waals surface area contributed by atoms with E-state index in [1.54, 1.807) is 20.8 Å². The molecular weight excluding hydrogens is 324 g/mol. The minimum atomic E-state index is -4.86. The van der Waals surface area contributed by atoms with Crippen molar-refractivity contribution in [2.75, 3.05) is 13.2 Å². The molecule has 0 aliphatic rings. The fraction of sp³-hybridized carbons (Fsp3) is 0.867. The van der Waals surface area contributed by atoms with Crippen LogP contribution in [0.25, 0.3) is 0 Å². The van der Waals surface area contributed by atoms with E-state index in [1.165, 1.54) is 0 Å². The molecular formula is C15H28O7S. The molecule has 0 bridgehead atoms. The summed E-state index contributed by atoms with van der Waals surface area (Å²) < 4.78 is 40.1. The molecule has 7 nitrogen and oxygen atoms in total. The number of ether oxygens (including phenoxy) is 2. The summed E-state index contributed by atoms with van der Waals surface area (Å²) in [6.07, 6.45) is -0.815. The summed E-state index contributed by atoms with van der Waals surface area (Å²) >= 11 is 0. The van der Waals surface area contributed by atoms with Crippen LogP contribution in [0.4, 0.5) is 0 Å². The van der Waals surface area contributed by atoms with Crippen LogP contribution in [-0.4, -0.2) is 42.9 Å². The first-order valence-corrected chi connectivity index (χ1v) is 8.72. The highest BCUT2D eigenvalue weighted by Crippen LogP contribution is 2.25. The second-order valence-corrected chi connectivity index (χ2v) is 10.1. The number of hydrogen-bond acceptors (Lipinski definition) is 6. The molecule has 0 aromatic carbocycles. The molecule has 1 atom stereocenters. The molecule has 0 saturated carbocycles. The summed E-state index contributed by atoms with van der Waals surface area (Å²) in [6, 6.07) is 0. The van der Waals surface area contributed by atoms with E-state index in [0.29, 0.717) is 0 Å². The van der Waals surface area contributed by atoms with Gasteiger partial charge in [0.2, 0.25) is 4.75 Å². The molecule has 23 heavy (non-hydrogen) atoms. The number of esters is 2. The molecule has 0 aliphatic heterocycles. The van der Waals surface area contributed by atoms with Gasteiger partial charge in [-0.2, -0.15) is 8.42 Å². The van der Waals surface area contributed by atoms with Gasteiger partial charge >= 0.3 is 11.9 Å². The minimum absolute atomic E-state index is 0.0476. The smallest absolute Gasteiger partial charge is 0.330 e. The van der Waals surface area contributed by atoms with E-state index in [-0.39, 0.29) is 24.0 Å². The Morgan fingerprint density at radius 3 is 1.61 bits per heavy atom. The summed E-state index contributed by atoms with van der Waals surface area (Å²) in [5.74, 6) is -2.07. The highest BCUT2D eigenvalue weighted by atomic mass is 32.2. The van der Waals surface area contributed by atoms with Crippen molar-refractivity contribution in [3.8, 4) is 0 Å². The molecule has 8 heteroatoms. The van der Waals surface area contributed by atoms with Crippen LogP contribution in [0, 0.1) is 10.8 Å². The zero-order valence-electron chi connectivity index (χ0n) is 14.9. The first-order valence-electron chi connectivity index (χ1n) is 7.28. The van der Waals surface area contributed by atoms with Crippen molar-refractivity contribution in [3.05, 3.63) is 0 Å². The Labute approximate surface area is 138 Å². The van der Waals surface area contributed by atoms with Crippen LogP contribution >= 0.6 is 0 Å². The van der Waals surface area contributed by atoms with Crippen molar-refractivity contribution in [1.29, 1.82) is 0 Å². The number of rotatable bonds is 6. The molecule has 0 saturated heterocycles. The third-order valence-electron chi connectivity index (χ3n) is 2.79. The summed E-state index contributed by atoms with van der Waals surface area (Å²) in [6.45, 7) is 11.8. The number of hydrogen-bond donors (Lipinski definition) is 1. The van der Waals surface area contributed by atoms with Crippen LogP contribution in [0.2, 0.25) is 0 Å². The van der Waals surface area contributed by atoms with Crippen LogP contribution in [0.3, 0.4) is 0 Å². The fourth-order valence-electron chi connectivity index (χ4n) is 1.33. The largest absolute Gasteiger partial charge is 0.465 e. The Morgan fingerprint density at radius 2 is 1.26 bits per heavy atom. The van der Waals surface area contributed by atoms with Gasteiger partial charge in [0.15, 0.2) is 0 Å². The van der Waals surface area contributed by atoms with Gasteiger partial charge in [0.05, 0.1) is 19.6 Å². The van der Waals surface area contributed by atoms with E-state index in [4.69, 9.17) is 9.47 Å². The van der Waals surface area contributed by atoms with E-state index >= 15 is 0 Å². The summed E-state index contributed by atoms with van der Waals surface area (Å²) in [4.78, 5) is 24.0. The average molecular weight is 352 g/mol. The molecule has 0 aliphatic carbocycles. The minimum Gasteiger partial charge on any atom is -0.465 e. The Kier molecular flexibility index (Phi) is 6.81. The van der Waals surface area contributed by atoms with Gasteiger partial charge in [-0.15, -0.1) is 0 Å². The first kappa shape index (κ1) is 21.9. The van der Waals surface area contributed by atoms with E-state index in [1.807, 2.05) is 20.8 Å². The second-order valence-electron chi connectivity index (χ2n) is 8.24. The van der Waals surface area contributed by atoms with Gasteiger partial charge in [-0.25, -0.2) is 0 Å². The van der Waals surface area contributed by atoms with E-state index in [2.05, 4.69) is 0 Å². The zero-order valence-corrected chi connectivity index (χ0v) is 15.7. The first-order chi connectivity index (χ1) is 9.98. The molecule has 0 fully saturated rings. The maximum absolute atomic E-state index is 12.1. The second kappa shape index (κ2) is 7.17. The molecule has 0 aromatic heterocycles. The van der Waals surface area contributed by atoms with Gasteiger partial charge in [-0.3, -0.25) is 14.1 Å². The van der Waals surface area contributed by atoms with Crippen molar-refractivity contribution in [1.82, 2.24) is 0 Å². The average Bonchev–Trinajstić information content (AvgIpc) is 2.30. The SMILES string of the molecule is CC(C)(C)COC(=O)CC(C)(C(=O)OCC(C)(C)C)S(=O)(=O)O. The molecule has 0 amide bonds. The molecule has 136 valence electrons. The van der Waals surface area contributed by atoms with E-state index in [0.717, 1.165) is 6.92 Å². The molecule has 0 aromatic rings. The summed E-state index contributed by atoms with van der Waals surface area (Å²) in [5.41, 5.74) is -0.695. The van der Waals surface area contributed by atoms with Crippen molar-refractivity contribution in [3.63, 3.8) is 0 Å². The lowest BCUT2D eigenvalue weighted by molar-refractivity contribution is -0.156. The lowest BCUT2D eigenvalue weighted by Crippen LogP contribution is -2.47. The topological polar surface area (TPSA) is 107 Å².